The standard InChI is InChI=1S/2C5H12O2/c1-3-7-4-5(2)6;1-3-5(6)7-4-2/h2*5-6H,3-4H2,1-2H3. The molecule has 88 valence electrons. The van der Waals surface area contributed by atoms with E-state index in [1.807, 2.05) is 20.8 Å². The average molecular weight is 208 g/mol. The highest BCUT2D eigenvalue weighted by atomic mass is 16.6. The molecule has 0 rings (SSSR count). The van der Waals surface area contributed by atoms with E-state index in [0.717, 1.165) is 0 Å². The van der Waals surface area contributed by atoms with E-state index < -0.39 is 6.29 Å². The van der Waals surface area contributed by atoms with Crippen molar-refractivity contribution in [2.75, 3.05) is 19.8 Å². The van der Waals surface area contributed by atoms with Crippen LogP contribution in [-0.4, -0.2) is 42.4 Å². The molecule has 4 nitrogen and oxygen atoms in total. The van der Waals surface area contributed by atoms with Crippen LogP contribution < -0.4 is 0 Å². The maximum absolute atomic E-state index is 8.64. The molecular formula is C10H24O4. The van der Waals surface area contributed by atoms with Gasteiger partial charge in [0, 0.05) is 13.2 Å². The summed E-state index contributed by atoms with van der Waals surface area (Å²) in [5.41, 5.74) is 0. The lowest BCUT2D eigenvalue weighted by Gasteiger charge is -2.04. The Bertz CT molecular complexity index is 96.1. The van der Waals surface area contributed by atoms with Crippen molar-refractivity contribution in [3.05, 3.63) is 0 Å². The van der Waals surface area contributed by atoms with Crippen LogP contribution in [0.15, 0.2) is 0 Å². The molecular weight excluding hydrogens is 184 g/mol. The Balaban J connectivity index is 0. The second kappa shape index (κ2) is 12.8. The molecule has 4 heteroatoms. The molecule has 0 saturated carbocycles. The number of ether oxygens (including phenoxy) is 2. The predicted molar refractivity (Wildman–Crippen MR) is 56.1 cm³/mol. The molecule has 0 aliphatic heterocycles. The Hall–Kier alpha value is -0.160. The summed E-state index contributed by atoms with van der Waals surface area (Å²) < 4.78 is 9.59. The van der Waals surface area contributed by atoms with Crippen molar-refractivity contribution in [2.45, 2.75) is 46.5 Å². The van der Waals surface area contributed by atoms with Crippen molar-refractivity contribution in [1.29, 1.82) is 0 Å². The zero-order valence-electron chi connectivity index (χ0n) is 9.69. The summed E-state index contributed by atoms with van der Waals surface area (Å²) in [6.07, 6.45) is -0.196. The Morgan fingerprint density at radius 3 is 1.79 bits per heavy atom. The minimum atomic E-state index is -0.551. The van der Waals surface area contributed by atoms with Crippen LogP contribution in [0.4, 0.5) is 0 Å². The molecule has 14 heavy (non-hydrogen) atoms. The number of hydrogen-bond donors (Lipinski definition) is 2. The molecule has 0 aliphatic carbocycles. The molecule has 0 aromatic heterocycles. The minimum Gasteiger partial charge on any atom is -0.391 e. The maximum Gasteiger partial charge on any atom is 0.154 e. The fourth-order valence-electron chi connectivity index (χ4n) is 0.599. The van der Waals surface area contributed by atoms with Crippen LogP contribution >= 0.6 is 0 Å². The minimum absolute atomic E-state index is 0.319. The first kappa shape index (κ1) is 16.3. The third-order valence-corrected chi connectivity index (χ3v) is 1.27. The van der Waals surface area contributed by atoms with Gasteiger partial charge in [-0.15, -0.1) is 0 Å². The van der Waals surface area contributed by atoms with Gasteiger partial charge in [-0.05, 0) is 27.2 Å². The van der Waals surface area contributed by atoms with Crippen LogP contribution in [0.3, 0.4) is 0 Å². The molecule has 0 spiro atoms. The van der Waals surface area contributed by atoms with Crippen molar-refractivity contribution in [3.8, 4) is 0 Å². The topological polar surface area (TPSA) is 58.9 Å². The van der Waals surface area contributed by atoms with Crippen molar-refractivity contribution >= 4 is 0 Å². The van der Waals surface area contributed by atoms with Crippen LogP contribution in [0.2, 0.25) is 0 Å². The first-order valence-corrected chi connectivity index (χ1v) is 5.13. The highest BCUT2D eigenvalue weighted by molar-refractivity contribution is 4.38. The van der Waals surface area contributed by atoms with E-state index in [2.05, 4.69) is 0 Å². The first-order chi connectivity index (χ1) is 6.58. The molecule has 0 fully saturated rings. The van der Waals surface area contributed by atoms with Gasteiger partial charge in [0.15, 0.2) is 6.29 Å². The van der Waals surface area contributed by atoms with Crippen LogP contribution in [0, 0.1) is 0 Å². The van der Waals surface area contributed by atoms with Crippen molar-refractivity contribution in [2.24, 2.45) is 0 Å². The smallest absolute Gasteiger partial charge is 0.154 e. The molecule has 0 aliphatic rings. The van der Waals surface area contributed by atoms with Gasteiger partial charge >= 0.3 is 0 Å². The normalized spacial score (nSPS) is 14.1. The monoisotopic (exact) mass is 208 g/mol. The summed E-state index contributed by atoms with van der Waals surface area (Å²) in [4.78, 5) is 0. The summed E-state index contributed by atoms with van der Waals surface area (Å²) >= 11 is 0. The van der Waals surface area contributed by atoms with E-state index in [4.69, 9.17) is 19.7 Å². The van der Waals surface area contributed by atoms with Gasteiger partial charge in [0.1, 0.15) is 0 Å². The maximum atomic E-state index is 8.64. The molecule has 2 atom stereocenters. The Morgan fingerprint density at radius 1 is 1.07 bits per heavy atom. The van der Waals surface area contributed by atoms with Gasteiger partial charge in [0.25, 0.3) is 0 Å². The van der Waals surface area contributed by atoms with Crippen molar-refractivity contribution in [1.82, 2.24) is 0 Å². The molecule has 0 heterocycles. The highest BCUT2D eigenvalue weighted by Crippen LogP contribution is 1.89. The quantitative estimate of drug-likeness (QED) is 0.643. The number of aliphatic hydroxyl groups is 2. The molecule has 0 amide bonds. The van der Waals surface area contributed by atoms with Crippen LogP contribution in [0.5, 0.6) is 0 Å². The lowest BCUT2D eigenvalue weighted by Crippen LogP contribution is -2.09. The van der Waals surface area contributed by atoms with Gasteiger partial charge in [-0.2, -0.15) is 0 Å². The lowest BCUT2D eigenvalue weighted by atomic mass is 10.4. The molecule has 2 unspecified atom stereocenters. The molecule has 0 aromatic rings. The average Bonchev–Trinajstić information content (AvgIpc) is 2.16. The predicted octanol–water partition coefficient (Wildman–Crippen LogP) is 1.15. The molecule has 0 saturated heterocycles. The van der Waals surface area contributed by atoms with E-state index >= 15 is 0 Å². The number of aliphatic hydroxyl groups excluding tert-OH is 2. The Morgan fingerprint density at radius 2 is 1.64 bits per heavy atom. The molecule has 0 aromatic carbocycles. The summed E-state index contributed by atoms with van der Waals surface area (Å²) in [7, 11) is 0. The number of hydrogen-bond acceptors (Lipinski definition) is 4. The lowest BCUT2D eigenvalue weighted by molar-refractivity contribution is -0.0953. The fraction of sp³-hybridized carbons (Fsp3) is 1.00. The van der Waals surface area contributed by atoms with E-state index in [0.29, 0.717) is 26.2 Å². The second-order valence-corrected chi connectivity index (χ2v) is 2.83. The van der Waals surface area contributed by atoms with E-state index in [1.165, 1.54) is 0 Å². The first-order valence-electron chi connectivity index (χ1n) is 5.13. The molecule has 0 bridgehead atoms. The van der Waals surface area contributed by atoms with E-state index in [9.17, 15) is 0 Å². The van der Waals surface area contributed by atoms with E-state index in [1.54, 1.807) is 6.92 Å². The van der Waals surface area contributed by atoms with Crippen molar-refractivity contribution in [3.63, 3.8) is 0 Å². The molecule has 2 N–H and O–H groups in total. The third kappa shape index (κ3) is 17.8. The summed E-state index contributed by atoms with van der Waals surface area (Å²) in [6.45, 7) is 9.08. The van der Waals surface area contributed by atoms with Gasteiger partial charge in [0.05, 0.1) is 12.7 Å². The SMILES string of the molecule is CCOC(O)CC.CCOCC(C)O. The summed E-state index contributed by atoms with van der Waals surface area (Å²) in [6, 6.07) is 0. The third-order valence-electron chi connectivity index (χ3n) is 1.27. The number of rotatable bonds is 6. The fourth-order valence-corrected chi connectivity index (χ4v) is 0.599. The van der Waals surface area contributed by atoms with Gasteiger partial charge in [0.2, 0.25) is 0 Å². The van der Waals surface area contributed by atoms with Gasteiger partial charge < -0.3 is 19.7 Å². The zero-order chi connectivity index (χ0) is 11.4. The Kier molecular flexibility index (Phi) is 14.9. The van der Waals surface area contributed by atoms with Crippen LogP contribution in [0.25, 0.3) is 0 Å². The van der Waals surface area contributed by atoms with E-state index in [-0.39, 0.29) is 6.10 Å². The highest BCUT2D eigenvalue weighted by Gasteiger charge is 1.93. The Labute approximate surface area is 86.8 Å². The van der Waals surface area contributed by atoms with Gasteiger partial charge in [-0.25, -0.2) is 0 Å². The molecule has 0 radical (unpaired) electrons. The largest absolute Gasteiger partial charge is 0.391 e. The summed E-state index contributed by atoms with van der Waals surface area (Å²) in [5, 5.41) is 17.2. The van der Waals surface area contributed by atoms with Crippen LogP contribution in [0.1, 0.15) is 34.1 Å². The second-order valence-electron chi connectivity index (χ2n) is 2.83. The van der Waals surface area contributed by atoms with Crippen molar-refractivity contribution < 1.29 is 19.7 Å². The van der Waals surface area contributed by atoms with Gasteiger partial charge in [-0.3, -0.25) is 0 Å². The van der Waals surface area contributed by atoms with Gasteiger partial charge in [-0.1, -0.05) is 6.92 Å². The zero-order valence-corrected chi connectivity index (χ0v) is 9.69. The summed E-state index contributed by atoms with van der Waals surface area (Å²) in [5.74, 6) is 0. The van der Waals surface area contributed by atoms with Crippen LogP contribution in [-0.2, 0) is 9.47 Å².